The Bertz CT molecular complexity index is 375. The van der Waals surface area contributed by atoms with Gasteiger partial charge in [0.2, 0.25) is 11.8 Å². The molecule has 5 heteroatoms. The second-order valence-corrected chi connectivity index (χ2v) is 6.31. The molecule has 1 aliphatic heterocycles. The second kappa shape index (κ2) is 6.12. The van der Waals surface area contributed by atoms with Crippen molar-refractivity contribution in [2.75, 3.05) is 20.3 Å². The summed E-state index contributed by atoms with van der Waals surface area (Å²) in [6.07, 6.45) is 4.71. The van der Waals surface area contributed by atoms with Crippen molar-refractivity contribution in [2.45, 2.75) is 57.5 Å². The van der Waals surface area contributed by atoms with Crippen molar-refractivity contribution >= 4 is 11.8 Å². The van der Waals surface area contributed by atoms with E-state index in [1.807, 2.05) is 13.8 Å². The Morgan fingerprint density at radius 3 is 2.50 bits per heavy atom. The van der Waals surface area contributed by atoms with Gasteiger partial charge in [0.1, 0.15) is 11.6 Å². The number of carbonyl (C=O) groups is 2. The molecule has 2 fully saturated rings. The summed E-state index contributed by atoms with van der Waals surface area (Å²) in [7, 11) is 1.62. The third-order valence-electron chi connectivity index (χ3n) is 4.51. The summed E-state index contributed by atoms with van der Waals surface area (Å²) in [5.74, 6) is 0.196. The van der Waals surface area contributed by atoms with Gasteiger partial charge >= 0.3 is 0 Å². The molecule has 0 radical (unpaired) electrons. The van der Waals surface area contributed by atoms with E-state index in [1.165, 1.54) is 0 Å². The first-order valence-electron chi connectivity index (χ1n) is 7.64. The van der Waals surface area contributed by atoms with Crippen LogP contribution in [0, 0.1) is 5.92 Å². The van der Waals surface area contributed by atoms with Crippen LogP contribution in [0.5, 0.6) is 0 Å². The molecular weight excluding hydrogens is 256 g/mol. The number of piperazine rings is 1. The molecule has 0 aromatic carbocycles. The monoisotopic (exact) mass is 282 g/mol. The zero-order chi connectivity index (χ0) is 14.8. The van der Waals surface area contributed by atoms with E-state index in [9.17, 15) is 9.59 Å². The van der Waals surface area contributed by atoms with Crippen LogP contribution in [0.4, 0.5) is 0 Å². The standard InChI is InChI=1S/C15H26N2O3/c1-11(2)12-13(18)16-15(7-5-4-6-8-15)14(19)17(12)9-10-20-3/h11-12H,4-10H2,1-3H3,(H,16,18). The highest BCUT2D eigenvalue weighted by Crippen LogP contribution is 2.34. The van der Waals surface area contributed by atoms with Crippen LogP contribution >= 0.6 is 0 Å². The van der Waals surface area contributed by atoms with Gasteiger partial charge in [0.25, 0.3) is 0 Å². The zero-order valence-corrected chi connectivity index (χ0v) is 12.8. The van der Waals surface area contributed by atoms with Crippen molar-refractivity contribution in [1.29, 1.82) is 0 Å². The lowest BCUT2D eigenvalue weighted by atomic mass is 9.77. The predicted molar refractivity (Wildman–Crippen MR) is 76.2 cm³/mol. The molecule has 1 unspecified atom stereocenters. The van der Waals surface area contributed by atoms with Gasteiger partial charge in [-0.2, -0.15) is 0 Å². The molecule has 0 aromatic rings. The predicted octanol–water partition coefficient (Wildman–Crippen LogP) is 1.32. The summed E-state index contributed by atoms with van der Waals surface area (Å²) in [6.45, 7) is 4.93. The van der Waals surface area contributed by atoms with E-state index in [0.29, 0.717) is 13.2 Å². The number of carbonyl (C=O) groups excluding carboxylic acids is 2. The third-order valence-corrected chi connectivity index (χ3v) is 4.51. The maximum atomic E-state index is 12.9. The van der Waals surface area contributed by atoms with Crippen molar-refractivity contribution in [3.63, 3.8) is 0 Å². The first-order chi connectivity index (χ1) is 9.52. The van der Waals surface area contributed by atoms with Crippen LogP contribution in [0.1, 0.15) is 46.0 Å². The topological polar surface area (TPSA) is 58.6 Å². The smallest absolute Gasteiger partial charge is 0.249 e. The highest BCUT2D eigenvalue weighted by Gasteiger charge is 2.51. The Balaban J connectivity index is 2.25. The van der Waals surface area contributed by atoms with E-state index in [0.717, 1.165) is 32.1 Å². The minimum absolute atomic E-state index is 0.00222. The molecular formula is C15H26N2O3. The summed E-state index contributed by atoms with van der Waals surface area (Å²) in [5, 5.41) is 3.05. The molecule has 2 rings (SSSR count). The summed E-state index contributed by atoms with van der Waals surface area (Å²) in [5.41, 5.74) is -0.644. The average Bonchev–Trinajstić information content (AvgIpc) is 2.41. The Hall–Kier alpha value is -1.10. The summed E-state index contributed by atoms with van der Waals surface area (Å²) in [4.78, 5) is 27.2. The lowest BCUT2D eigenvalue weighted by Crippen LogP contribution is -2.72. The van der Waals surface area contributed by atoms with Gasteiger partial charge in [-0.15, -0.1) is 0 Å². The van der Waals surface area contributed by atoms with Crippen molar-refractivity contribution in [3.05, 3.63) is 0 Å². The zero-order valence-electron chi connectivity index (χ0n) is 12.8. The summed E-state index contributed by atoms with van der Waals surface area (Å²) in [6, 6.07) is -0.370. The van der Waals surface area contributed by atoms with Gasteiger partial charge in [-0.05, 0) is 18.8 Å². The Kier molecular flexibility index (Phi) is 4.68. The van der Waals surface area contributed by atoms with Gasteiger partial charge in [0.05, 0.1) is 6.61 Å². The first kappa shape index (κ1) is 15.3. The number of nitrogens with one attached hydrogen (secondary N) is 1. The largest absolute Gasteiger partial charge is 0.383 e. The van der Waals surface area contributed by atoms with Crippen molar-refractivity contribution in [3.8, 4) is 0 Å². The van der Waals surface area contributed by atoms with Crippen LogP contribution in [0.15, 0.2) is 0 Å². The SMILES string of the molecule is COCCN1C(=O)C2(CCCCC2)NC(=O)C1C(C)C. The number of methoxy groups -OCH3 is 1. The molecule has 1 N–H and O–H groups in total. The van der Waals surface area contributed by atoms with Gasteiger partial charge in [0, 0.05) is 13.7 Å². The molecule has 1 spiro atoms. The number of hydrogen-bond acceptors (Lipinski definition) is 3. The van der Waals surface area contributed by atoms with E-state index < -0.39 is 5.54 Å². The molecule has 5 nitrogen and oxygen atoms in total. The van der Waals surface area contributed by atoms with Crippen molar-refractivity contribution in [2.24, 2.45) is 5.92 Å². The van der Waals surface area contributed by atoms with Crippen LogP contribution in [0.25, 0.3) is 0 Å². The molecule has 1 heterocycles. The number of amides is 2. The van der Waals surface area contributed by atoms with Crippen LogP contribution in [0.2, 0.25) is 0 Å². The lowest BCUT2D eigenvalue weighted by molar-refractivity contribution is -0.159. The summed E-state index contributed by atoms with van der Waals surface area (Å²) >= 11 is 0. The minimum Gasteiger partial charge on any atom is -0.383 e. The van der Waals surface area contributed by atoms with E-state index in [2.05, 4.69) is 5.32 Å². The van der Waals surface area contributed by atoms with Gasteiger partial charge in [-0.3, -0.25) is 9.59 Å². The Morgan fingerprint density at radius 1 is 1.30 bits per heavy atom. The molecule has 114 valence electrons. The molecule has 1 aliphatic carbocycles. The highest BCUT2D eigenvalue weighted by molar-refractivity contribution is 6.00. The molecule has 0 aromatic heterocycles. The van der Waals surface area contributed by atoms with E-state index in [1.54, 1.807) is 12.0 Å². The first-order valence-corrected chi connectivity index (χ1v) is 7.64. The van der Waals surface area contributed by atoms with E-state index in [-0.39, 0.29) is 23.8 Å². The van der Waals surface area contributed by atoms with Gasteiger partial charge in [-0.25, -0.2) is 0 Å². The highest BCUT2D eigenvalue weighted by atomic mass is 16.5. The second-order valence-electron chi connectivity index (χ2n) is 6.31. The van der Waals surface area contributed by atoms with Crippen LogP contribution in [-0.4, -0.2) is 48.6 Å². The van der Waals surface area contributed by atoms with Crippen LogP contribution in [0.3, 0.4) is 0 Å². The maximum Gasteiger partial charge on any atom is 0.249 e. The number of hydrogen-bond donors (Lipinski definition) is 1. The maximum absolute atomic E-state index is 12.9. The van der Waals surface area contributed by atoms with Gasteiger partial charge < -0.3 is 15.0 Å². The number of ether oxygens (including phenoxy) is 1. The van der Waals surface area contributed by atoms with E-state index >= 15 is 0 Å². The van der Waals surface area contributed by atoms with Crippen molar-refractivity contribution < 1.29 is 14.3 Å². The van der Waals surface area contributed by atoms with Crippen molar-refractivity contribution in [1.82, 2.24) is 10.2 Å². The molecule has 0 bridgehead atoms. The molecule has 1 saturated carbocycles. The minimum atomic E-state index is -0.644. The Labute approximate surface area is 121 Å². The molecule has 2 aliphatic rings. The van der Waals surface area contributed by atoms with Crippen LogP contribution < -0.4 is 5.32 Å². The van der Waals surface area contributed by atoms with Gasteiger partial charge in [0.15, 0.2) is 0 Å². The molecule has 1 atom stereocenters. The Morgan fingerprint density at radius 2 is 1.95 bits per heavy atom. The van der Waals surface area contributed by atoms with E-state index in [4.69, 9.17) is 4.74 Å². The average molecular weight is 282 g/mol. The fourth-order valence-electron chi connectivity index (χ4n) is 3.49. The van der Waals surface area contributed by atoms with Gasteiger partial charge in [-0.1, -0.05) is 33.1 Å². The van der Waals surface area contributed by atoms with Crippen LogP contribution in [-0.2, 0) is 14.3 Å². The fraction of sp³-hybridized carbons (Fsp3) is 0.867. The fourth-order valence-corrected chi connectivity index (χ4v) is 3.49. The molecule has 1 saturated heterocycles. The molecule has 2 amide bonds. The third kappa shape index (κ3) is 2.68. The number of nitrogens with zero attached hydrogens (tertiary/aromatic N) is 1. The molecule has 20 heavy (non-hydrogen) atoms. The number of rotatable bonds is 4. The summed E-state index contributed by atoms with van der Waals surface area (Å²) < 4.78 is 5.11. The lowest BCUT2D eigenvalue weighted by Gasteiger charge is -2.48. The normalized spacial score (nSPS) is 26.2. The quantitative estimate of drug-likeness (QED) is 0.846.